The maximum atomic E-state index is 12.3. The van der Waals surface area contributed by atoms with Gasteiger partial charge in [-0.2, -0.15) is 5.26 Å². The van der Waals surface area contributed by atoms with E-state index in [9.17, 15) is 4.79 Å². The summed E-state index contributed by atoms with van der Waals surface area (Å²) in [6.45, 7) is 6.94. The fourth-order valence-electron chi connectivity index (χ4n) is 3.23. The Bertz CT molecular complexity index is 758. The van der Waals surface area contributed by atoms with Crippen LogP contribution in [0.2, 0.25) is 0 Å². The molecule has 0 aliphatic heterocycles. The summed E-state index contributed by atoms with van der Waals surface area (Å²) in [5.41, 5.74) is 4.34. The summed E-state index contributed by atoms with van der Waals surface area (Å²) in [7, 11) is 0. The zero-order chi connectivity index (χ0) is 19.6. The summed E-state index contributed by atoms with van der Waals surface area (Å²) in [5.74, 6) is 0.413. The minimum atomic E-state index is -0.0173. The average molecular weight is 365 g/mol. The van der Waals surface area contributed by atoms with Gasteiger partial charge in [0.1, 0.15) is 6.04 Å². The van der Waals surface area contributed by atoms with E-state index >= 15 is 0 Å². The van der Waals surface area contributed by atoms with Crippen LogP contribution in [0.3, 0.4) is 0 Å². The molecule has 0 unspecified atom stereocenters. The number of hydrogen-bond donors (Lipinski definition) is 2. The Balaban J connectivity index is 1.92. The van der Waals surface area contributed by atoms with Crippen LogP contribution in [0.15, 0.2) is 48.5 Å². The van der Waals surface area contributed by atoms with E-state index in [2.05, 4.69) is 61.7 Å². The van der Waals surface area contributed by atoms with Gasteiger partial charge in [-0.1, -0.05) is 63.6 Å². The Morgan fingerprint density at radius 3 is 2.26 bits per heavy atom. The molecule has 0 radical (unpaired) electrons. The highest BCUT2D eigenvalue weighted by molar-refractivity contribution is 5.91. The van der Waals surface area contributed by atoms with Crippen molar-refractivity contribution >= 4 is 11.6 Å². The van der Waals surface area contributed by atoms with Gasteiger partial charge in [0.25, 0.3) is 5.91 Å². The van der Waals surface area contributed by atoms with Gasteiger partial charge >= 0.3 is 0 Å². The number of benzene rings is 2. The summed E-state index contributed by atoms with van der Waals surface area (Å²) in [6, 6.07) is 18.6. The number of carbonyl (C=O) groups is 1. The second-order valence-electron chi connectivity index (χ2n) is 7.28. The number of nitrogens with zero attached hydrogens (tertiary/aromatic N) is 1. The molecular weight excluding hydrogens is 334 g/mol. The predicted octanol–water partition coefficient (Wildman–Crippen LogP) is 3.60. The highest BCUT2D eigenvalue weighted by Gasteiger charge is 2.20. The highest BCUT2D eigenvalue weighted by Crippen LogP contribution is 2.18. The molecule has 0 bridgehead atoms. The molecule has 0 fully saturated rings. The summed E-state index contributed by atoms with van der Waals surface area (Å²) in [4.78, 5) is 12.3. The number of anilines is 1. The molecule has 3 N–H and O–H groups in total. The Morgan fingerprint density at radius 2 is 1.70 bits per heavy atom. The topological polar surface area (TPSA) is 69.5 Å². The lowest BCUT2D eigenvalue weighted by Crippen LogP contribution is -2.88. The molecule has 0 aliphatic rings. The van der Waals surface area contributed by atoms with E-state index in [1.54, 1.807) is 0 Å². The molecule has 27 heavy (non-hydrogen) atoms. The molecule has 0 saturated carbocycles. The molecule has 0 aliphatic carbocycles. The fourth-order valence-corrected chi connectivity index (χ4v) is 3.23. The van der Waals surface area contributed by atoms with Crippen molar-refractivity contribution in [2.24, 2.45) is 5.92 Å². The van der Waals surface area contributed by atoms with E-state index in [1.807, 2.05) is 24.3 Å². The second-order valence-corrected chi connectivity index (χ2v) is 7.28. The van der Waals surface area contributed by atoms with Crippen molar-refractivity contribution in [3.8, 4) is 6.07 Å². The molecule has 4 heteroatoms. The molecule has 4 nitrogen and oxygen atoms in total. The first-order valence-electron chi connectivity index (χ1n) is 9.71. The van der Waals surface area contributed by atoms with Crippen LogP contribution in [0.4, 0.5) is 5.69 Å². The van der Waals surface area contributed by atoms with Crippen molar-refractivity contribution in [3.05, 3.63) is 65.2 Å². The molecule has 0 saturated heterocycles. The number of quaternary nitrogens is 1. The van der Waals surface area contributed by atoms with Gasteiger partial charge in [0.2, 0.25) is 0 Å². The number of carbonyl (C=O) groups excluding carboxylic acids is 1. The summed E-state index contributed by atoms with van der Waals surface area (Å²) in [6.07, 6.45) is 2.64. The van der Waals surface area contributed by atoms with Crippen LogP contribution in [0.1, 0.15) is 49.9 Å². The predicted molar refractivity (Wildman–Crippen MR) is 109 cm³/mol. The van der Waals surface area contributed by atoms with E-state index in [-0.39, 0.29) is 11.9 Å². The second kappa shape index (κ2) is 10.5. The number of nitrogens with one attached hydrogen (secondary N) is 1. The Labute approximate surface area is 162 Å². The normalized spacial score (nSPS) is 11.8. The lowest BCUT2D eigenvalue weighted by atomic mass is 9.94. The molecule has 0 heterocycles. The monoisotopic (exact) mass is 364 g/mol. The molecule has 2 aromatic rings. The van der Waals surface area contributed by atoms with E-state index in [4.69, 9.17) is 5.26 Å². The maximum absolute atomic E-state index is 12.3. The number of amides is 1. The van der Waals surface area contributed by atoms with Gasteiger partial charge in [0, 0.05) is 17.2 Å². The fraction of sp³-hybridized carbons (Fsp3) is 0.391. The van der Waals surface area contributed by atoms with Gasteiger partial charge in [-0.05, 0) is 29.7 Å². The zero-order valence-electron chi connectivity index (χ0n) is 16.5. The van der Waals surface area contributed by atoms with E-state index in [1.165, 1.54) is 11.1 Å². The molecule has 2 aromatic carbocycles. The van der Waals surface area contributed by atoms with Gasteiger partial charge in [-0.15, -0.1) is 0 Å². The van der Waals surface area contributed by atoms with Gasteiger partial charge < -0.3 is 10.6 Å². The highest BCUT2D eigenvalue weighted by atomic mass is 16.1. The van der Waals surface area contributed by atoms with Crippen LogP contribution in [-0.2, 0) is 17.6 Å². The van der Waals surface area contributed by atoms with Crippen LogP contribution in [0.25, 0.3) is 0 Å². The SMILES string of the molecule is CCCc1ccc([C@H]([NH2+]CC(=O)Nc2ccc(CC#N)cc2)C(C)C)cc1. The molecule has 0 aromatic heterocycles. The van der Waals surface area contributed by atoms with Crippen LogP contribution in [-0.4, -0.2) is 12.5 Å². The van der Waals surface area contributed by atoms with Gasteiger partial charge in [0.05, 0.1) is 12.5 Å². The Hall–Kier alpha value is -2.64. The first-order chi connectivity index (χ1) is 13.0. The van der Waals surface area contributed by atoms with Crippen molar-refractivity contribution in [3.63, 3.8) is 0 Å². The largest absolute Gasteiger partial charge is 0.332 e. The van der Waals surface area contributed by atoms with Crippen LogP contribution in [0, 0.1) is 17.2 Å². The average Bonchev–Trinajstić information content (AvgIpc) is 2.65. The standard InChI is InChI=1S/C23H29N3O/c1-4-5-18-6-10-20(11-7-18)23(17(2)3)25-16-22(27)26-21-12-8-19(9-13-21)14-15-24/h6-13,17,23,25H,4-5,14,16H2,1-3H3,(H,26,27)/p+1/t23-/m1/s1. The Kier molecular flexibility index (Phi) is 8.03. The van der Waals surface area contributed by atoms with E-state index in [0.717, 1.165) is 24.1 Å². The van der Waals surface area contributed by atoms with Crippen LogP contribution >= 0.6 is 0 Å². The quantitative estimate of drug-likeness (QED) is 0.714. The minimum Gasteiger partial charge on any atom is -0.332 e. The smallest absolute Gasteiger partial charge is 0.279 e. The molecule has 1 atom stereocenters. The molecule has 2 rings (SSSR count). The van der Waals surface area contributed by atoms with Gasteiger partial charge in [0.15, 0.2) is 6.54 Å². The minimum absolute atomic E-state index is 0.0173. The lowest BCUT2D eigenvalue weighted by molar-refractivity contribution is -0.692. The first-order valence-corrected chi connectivity index (χ1v) is 9.71. The first kappa shape index (κ1) is 20.7. The number of aryl methyl sites for hydroxylation is 1. The maximum Gasteiger partial charge on any atom is 0.279 e. The Morgan fingerprint density at radius 1 is 1.07 bits per heavy atom. The van der Waals surface area contributed by atoms with Crippen molar-refractivity contribution in [2.45, 2.75) is 46.1 Å². The van der Waals surface area contributed by atoms with E-state index in [0.29, 0.717) is 18.9 Å². The third kappa shape index (κ3) is 6.54. The van der Waals surface area contributed by atoms with Crippen molar-refractivity contribution in [1.29, 1.82) is 5.26 Å². The molecule has 142 valence electrons. The molecular formula is C23H30N3O+. The van der Waals surface area contributed by atoms with Crippen molar-refractivity contribution in [1.82, 2.24) is 0 Å². The summed E-state index contributed by atoms with van der Waals surface area (Å²) < 4.78 is 0. The number of rotatable bonds is 9. The van der Waals surface area contributed by atoms with Gasteiger partial charge in [-0.25, -0.2) is 0 Å². The number of hydrogen-bond acceptors (Lipinski definition) is 2. The zero-order valence-corrected chi connectivity index (χ0v) is 16.5. The third-order valence-electron chi connectivity index (χ3n) is 4.70. The van der Waals surface area contributed by atoms with Crippen LogP contribution in [0.5, 0.6) is 0 Å². The molecule has 1 amide bonds. The number of nitrogens with two attached hydrogens (primary N) is 1. The van der Waals surface area contributed by atoms with E-state index < -0.39 is 0 Å². The van der Waals surface area contributed by atoms with Crippen molar-refractivity contribution < 1.29 is 10.1 Å². The molecule has 0 spiro atoms. The van der Waals surface area contributed by atoms with Crippen molar-refractivity contribution in [2.75, 3.05) is 11.9 Å². The number of nitriles is 1. The summed E-state index contributed by atoms with van der Waals surface area (Å²) in [5, 5.41) is 13.8. The lowest BCUT2D eigenvalue weighted by Gasteiger charge is -2.20. The third-order valence-corrected chi connectivity index (χ3v) is 4.70. The van der Waals surface area contributed by atoms with Crippen LogP contribution < -0.4 is 10.6 Å². The van der Waals surface area contributed by atoms with Gasteiger partial charge in [-0.3, -0.25) is 4.79 Å². The summed E-state index contributed by atoms with van der Waals surface area (Å²) >= 11 is 0.